The summed E-state index contributed by atoms with van der Waals surface area (Å²) >= 11 is 0. The second-order valence-corrected chi connectivity index (χ2v) is 7.18. The number of aryl methyl sites for hydroxylation is 2. The maximum atomic E-state index is 13.3. The smallest absolute Gasteiger partial charge is 0.194 e. The standard InChI is InChI=1S/C21H29FN4O2/c1-5-23-21(24-11-10-19-15(3)25-28-16(19)4)26-12-14(2)27-20(13-26)17-6-8-18(22)9-7-17/h6-9,14,20H,5,10-13H2,1-4H3,(H,23,24). The summed E-state index contributed by atoms with van der Waals surface area (Å²) in [5.74, 6) is 1.49. The molecule has 1 N–H and O–H groups in total. The molecule has 1 aliphatic rings. The molecule has 0 bridgehead atoms. The van der Waals surface area contributed by atoms with Crippen LogP contribution in [0.3, 0.4) is 0 Å². The lowest BCUT2D eigenvalue weighted by Crippen LogP contribution is -2.50. The fourth-order valence-electron chi connectivity index (χ4n) is 3.54. The Bertz CT molecular complexity index is 784. The molecule has 0 radical (unpaired) electrons. The largest absolute Gasteiger partial charge is 0.367 e. The molecule has 0 saturated carbocycles. The van der Waals surface area contributed by atoms with Crippen LogP contribution in [0.4, 0.5) is 4.39 Å². The van der Waals surface area contributed by atoms with Crippen molar-refractivity contribution < 1.29 is 13.7 Å². The van der Waals surface area contributed by atoms with E-state index >= 15 is 0 Å². The summed E-state index contributed by atoms with van der Waals surface area (Å²) in [6.45, 7) is 10.9. The van der Waals surface area contributed by atoms with Crippen LogP contribution in [0.5, 0.6) is 0 Å². The Labute approximate surface area is 165 Å². The Hall–Kier alpha value is -2.41. The fourth-order valence-corrected chi connectivity index (χ4v) is 3.54. The van der Waals surface area contributed by atoms with Gasteiger partial charge in [-0.1, -0.05) is 17.3 Å². The van der Waals surface area contributed by atoms with Gasteiger partial charge in [0.2, 0.25) is 0 Å². The average Bonchev–Trinajstić information content (AvgIpc) is 2.99. The number of hydrogen-bond donors (Lipinski definition) is 1. The van der Waals surface area contributed by atoms with Crippen molar-refractivity contribution in [2.45, 2.75) is 46.3 Å². The molecule has 2 unspecified atom stereocenters. The summed E-state index contributed by atoms with van der Waals surface area (Å²) in [5, 5.41) is 7.39. The molecule has 1 fully saturated rings. The number of guanidine groups is 1. The van der Waals surface area contributed by atoms with Crippen molar-refractivity contribution in [1.82, 2.24) is 15.4 Å². The first-order chi connectivity index (χ1) is 13.5. The van der Waals surface area contributed by atoms with Gasteiger partial charge < -0.3 is 19.5 Å². The van der Waals surface area contributed by atoms with E-state index in [0.29, 0.717) is 13.1 Å². The van der Waals surface area contributed by atoms with Crippen LogP contribution < -0.4 is 5.32 Å². The van der Waals surface area contributed by atoms with Crippen molar-refractivity contribution in [3.05, 3.63) is 52.7 Å². The topological polar surface area (TPSA) is 62.9 Å². The van der Waals surface area contributed by atoms with Gasteiger partial charge in [-0.05, 0) is 51.8 Å². The molecule has 6 nitrogen and oxygen atoms in total. The van der Waals surface area contributed by atoms with E-state index in [1.165, 1.54) is 12.1 Å². The van der Waals surface area contributed by atoms with Crippen LogP contribution in [0, 0.1) is 19.7 Å². The van der Waals surface area contributed by atoms with Crippen LogP contribution in [0.15, 0.2) is 33.8 Å². The zero-order valence-corrected chi connectivity index (χ0v) is 17.0. The predicted molar refractivity (Wildman–Crippen MR) is 107 cm³/mol. The third kappa shape index (κ3) is 4.90. The first kappa shape index (κ1) is 20.3. The minimum absolute atomic E-state index is 0.0511. The van der Waals surface area contributed by atoms with Gasteiger partial charge in [-0.15, -0.1) is 0 Å². The molecule has 7 heteroatoms. The molecule has 0 aliphatic carbocycles. The first-order valence-electron chi connectivity index (χ1n) is 9.83. The zero-order chi connectivity index (χ0) is 20.1. The minimum Gasteiger partial charge on any atom is -0.367 e. The molecule has 2 atom stereocenters. The van der Waals surface area contributed by atoms with Gasteiger partial charge in [-0.2, -0.15) is 0 Å². The average molecular weight is 388 g/mol. The van der Waals surface area contributed by atoms with E-state index in [1.54, 1.807) is 12.1 Å². The quantitative estimate of drug-likeness (QED) is 0.628. The number of rotatable bonds is 5. The number of benzene rings is 1. The number of ether oxygens (including phenoxy) is 1. The van der Waals surface area contributed by atoms with E-state index in [2.05, 4.69) is 29.2 Å². The van der Waals surface area contributed by atoms with E-state index in [9.17, 15) is 4.39 Å². The van der Waals surface area contributed by atoms with Gasteiger partial charge in [0.25, 0.3) is 0 Å². The first-order valence-corrected chi connectivity index (χ1v) is 9.83. The molecule has 0 amide bonds. The second-order valence-electron chi connectivity index (χ2n) is 7.18. The molecule has 152 valence electrons. The van der Waals surface area contributed by atoms with Crippen LogP contribution in [0.2, 0.25) is 0 Å². The number of nitrogens with zero attached hydrogens (tertiary/aromatic N) is 3. The summed E-state index contributed by atoms with van der Waals surface area (Å²) in [6.07, 6.45) is 0.725. The lowest BCUT2D eigenvalue weighted by Gasteiger charge is -2.38. The van der Waals surface area contributed by atoms with Crippen molar-refractivity contribution in [3.63, 3.8) is 0 Å². The van der Waals surface area contributed by atoms with Crippen LogP contribution in [-0.4, -0.2) is 48.3 Å². The van der Waals surface area contributed by atoms with Crippen molar-refractivity contribution in [2.75, 3.05) is 26.2 Å². The highest BCUT2D eigenvalue weighted by Crippen LogP contribution is 2.25. The van der Waals surface area contributed by atoms with E-state index < -0.39 is 0 Å². The van der Waals surface area contributed by atoms with E-state index in [4.69, 9.17) is 14.3 Å². The number of aliphatic imine (C=N–C) groups is 1. The van der Waals surface area contributed by atoms with Gasteiger partial charge in [0.1, 0.15) is 17.7 Å². The van der Waals surface area contributed by atoms with Crippen molar-refractivity contribution in [3.8, 4) is 0 Å². The second kappa shape index (κ2) is 9.19. The molecule has 1 aromatic carbocycles. The Morgan fingerprint density at radius 3 is 2.68 bits per heavy atom. The molecule has 1 saturated heterocycles. The summed E-state index contributed by atoms with van der Waals surface area (Å²) in [6, 6.07) is 6.53. The molecular weight excluding hydrogens is 359 g/mol. The summed E-state index contributed by atoms with van der Waals surface area (Å²) < 4.78 is 24.6. The summed E-state index contributed by atoms with van der Waals surface area (Å²) in [7, 11) is 0. The van der Waals surface area contributed by atoms with Gasteiger partial charge in [0.15, 0.2) is 5.96 Å². The minimum atomic E-state index is -0.237. The Morgan fingerprint density at radius 2 is 2.04 bits per heavy atom. The summed E-state index contributed by atoms with van der Waals surface area (Å²) in [4.78, 5) is 7.04. The third-order valence-corrected chi connectivity index (χ3v) is 4.94. The molecule has 1 aromatic heterocycles. The van der Waals surface area contributed by atoms with Gasteiger partial charge in [0, 0.05) is 25.2 Å². The normalized spacial score (nSPS) is 20.5. The Morgan fingerprint density at radius 1 is 1.29 bits per heavy atom. The van der Waals surface area contributed by atoms with Crippen LogP contribution in [0.1, 0.15) is 42.5 Å². The number of hydrogen-bond acceptors (Lipinski definition) is 4. The van der Waals surface area contributed by atoms with Crippen molar-refractivity contribution in [1.29, 1.82) is 0 Å². The highest BCUT2D eigenvalue weighted by molar-refractivity contribution is 5.80. The Balaban J connectivity index is 1.71. The van der Waals surface area contributed by atoms with Gasteiger partial charge >= 0.3 is 0 Å². The molecule has 2 heterocycles. The maximum absolute atomic E-state index is 13.3. The highest BCUT2D eigenvalue weighted by atomic mass is 19.1. The molecule has 3 rings (SSSR count). The van der Waals surface area contributed by atoms with Crippen LogP contribution >= 0.6 is 0 Å². The van der Waals surface area contributed by atoms with E-state index in [-0.39, 0.29) is 18.0 Å². The zero-order valence-electron chi connectivity index (χ0n) is 17.0. The predicted octanol–water partition coefficient (Wildman–Crippen LogP) is 3.40. The molecular formula is C21H29FN4O2. The molecule has 1 aliphatic heterocycles. The van der Waals surface area contributed by atoms with Gasteiger partial charge in [-0.3, -0.25) is 4.99 Å². The maximum Gasteiger partial charge on any atom is 0.194 e. The highest BCUT2D eigenvalue weighted by Gasteiger charge is 2.28. The van der Waals surface area contributed by atoms with Crippen LogP contribution in [0.25, 0.3) is 0 Å². The van der Waals surface area contributed by atoms with Crippen molar-refractivity contribution >= 4 is 5.96 Å². The monoisotopic (exact) mass is 388 g/mol. The van der Waals surface area contributed by atoms with Gasteiger partial charge in [0.05, 0.1) is 18.3 Å². The molecule has 2 aromatic rings. The van der Waals surface area contributed by atoms with Gasteiger partial charge in [-0.25, -0.2) is 4.39 Å². The Kier molecular flexibility index (Phi) is 6.67. The summed E-state index contributed by atoms with van der Waals surface area (Å²) in [5.41, 5.74) is 3.03. The molecule has 0 spiro atoms. The number of nitrogens with one attached hydrogen (secondary N) is 1. The van der Waals surface area contributed by atoms with E-state index in [1.807, 2.05) is 13.8 Å². The number of aromatic nitrogens is 1. The number of morpholine rings is 1. The van der Waals surface area contributed by atoms with Crippen LogP contribution in [-0.2, 0) is 11.2 Å². The lowest BCUT2D eigenvalue weighted by molar-refractivity contribution is -0.0605. The fraction of sp³-hybridized carbons (Fsp3) is 0.524. The number of halogens is 1. The van der Waals surface area contributed by atoms with E-state index in [0.717, 1.165) is 48.1 Å². The van der Waals surface area contributed by atoms with Crippen molar-refractivity contribution in [2.24, 2.45) is 4.99 Å². The SMILES string of the molecule is CCNC(=NCCc1c(C)noc1C)N1CC(C)OC(c2ccc(F)cc2)C1. The lowest BCUT2D eigenvalue weighted by atomic mass is 10.1. The third-order valence-electron chi connectivity index (χ3n) is 4.94. The molecule has 28 heavy (non-hydrogen) atoms.